The number of carbonyl (C=O) groups excluding carboxylic acids is 2. The summed E-state index contributed by atoms with van der Waals surface area (Å²) in [5.74, 6) is 0.0170. The third kappa shape index (κ3) is 5.98. The number of amides is 2. The summed E-state index contributed by atoms with van der Waals surface area (Å²) in [6, 6.07) is 11.7. The summed E-state index contributed by atoms with van der Waals surface area (Å²) < 4.78 is 30.7. The molecule has 0 spiro atoms. The minimum atomic E-state index is -3.58. The van der Waals surface area contributed by atoms with Crippen LogP contribution in [0.3, 0.4) is 0 Å². The highest BCUT2D eigenvalue weighted by atomic mass is 32.2. The molecule has 9 heteroatoms. The van der Waals surface area contributed by atoms with Gasteiger partial charge in [0.2, 0.25) is 15.9 Å². The van der Waals surface area contributed by atoms with E-state index in [0.29, 0.717) is 18.0 Å². The zero-order valence-corrected chi connectivity index (χ0v) is 17.0. The van der Waals surface area contributed by atoms with E-state index in [-0.39, 0.29) is 17.2 Å². The van der Waals surface area contributed by atoms with Crippen molar-refractivity contribution in [2.24, 2.45) is 0 Å². The largest absolute Gasteiger partial charge is 0.497 e. The number of nitrogens with one attached hydrogen (secondary N) is 2. The zero-order chi connectivity index (χ0) is 20.9. The molecule has 2 N–H and O–H groups in total. The number of anilines is 2. The van der Waals surface area contributed by atoms with E-state index in [1.54, 1.807) is 26.3 Å². The van der Waals surface area contributed by atoms with Crippen molar-refractivity contribution in [2.75, 3.05) is 30.5 Å². The monoisotopic (exact) mass is 405 g/mol. The van der Waals surface area contributed by atoms with E-state index in [0.717, 1.165) is 11.8 Å². The van der Waals surface area contributed by atoms with Gasteiger partial charge in [-0.2, -0.15) is 0 Å². The smallest absolute Gasteiger partial charge is 0.256 e. The Kier molecular flexibility index (Phi) is 6.63. The molecule has 0 aromatic heterocycles. The lowest BCUT2D eigenvalue weighted by molar-refractivity contribution is -0.114. The molecule has 0 aliphatic carbocycles. The molecular weight excluding hydrogens is 382 g/mol. The van der Waals surface area contributed by atoms with Gasteiger partial charge in [-0.1, -0.05) is 12.1 Å². The first-order chi connectivity index (χ1) is 13.1. The van der Waals surface area contributed by atoms with E-state index in [1.807, 2.05) is 12.1 Å². The third-order valence-corrected chi connectivity index (χ3v) is 4.38. The van der Waals surface area contributed by atoms with Gasteiger partial charge in [0.1, 0.15) is 5.75 Å². The lowest BCUT2D eigenvalue weighted by Gasteiger charge is -2.20. The van der Waals surface area contributed by atoms with Crippen molar-refractivity contribution in [3.63, 3.8) is 0 Å². The third-order valence-electron chi connectivity index (χ3n) is 3.79. The van der Waals surface area contributed by atoms with E-state index in [2.05, 4.69) is 10.0 Å². The van der Waals surface area contributed by atoms with Gasteiger partial charge in [0.05, 0.1) is 24.6 Å². The molecular formula is C19H23N3O5S. The van der Waals surface area contributed by atoms with Crippen molar-refractivity contribution >= 4 is 33.2 Å². The van der Waals surface area contributed by atoms with Crippen LogP contribution in [0, 0.1) is 0 Å². The van der Waals surface area contributed by atoms with Crippen LogP contribution >= 0.6 is 0 Å². The Bertz CT molecular complexity index is 972. The second kappa shape index (κ2) is 8.75. The number of hydrogen-bond donors (Lipinski definition) is 2. The van der Waals surface area contributed by atoms with E-state index < -0.39 is 15.9 Å². The normalized spacial score (nSPS) is 10.9. The Morgan fingerprint density at radius 3 is 2.29 bits per heavy atom. The highest BCUT2D eigenvalue weighted by molar-refractivity contribution is 7.92. The van der Waals surface area contributed by atoms with E-state index in [9.17, 15) is 18.0 Å². The quantitative estimate of drug-likeness (QED) is 0.735. The number of benzene rings is 2. The standard InChI is InChI=1S/C19H23N3O5S/c1-13(23)20-15-7-10-18(21-28(4,25)26)17(11-15)19(24)22(2)12-14-5-8-16(27-3)9-6-14/h5-11,21H,12H2,1-4H3,(H,20,23). The first-order valence-electron chi connectivity index (χ1n) is 8.37. The fourth-order valence-corrected chi connectivity index (χ4v) is 3.15. The van der Waals surface area contributed by atoms with Crippen molar-refractivity contribution in [1.82, 2.24) is 4.90 Å². The van der Waals surface area contributed by atoms with Gasteiger partial charge in [-0.25, -0.2) is 8.42 Å². The summed E-state index contributed by atoms with van der Waals surface area (Å²) in [6.45, 7) is 1.66. The number of sulfonamides is 1. The van der Waals surface area contributed by atoms with Crippen LogP contribution in [-0.4, -0.2) is 45.5 Å². The van der Waals surface area contributed by atoms with E-state index in [1.165, 1.54) is 30.0 Å². The van der Waals surface area contributed by atoms with Crippen molar-refractivity contribution in [3.05, 3.63) is 53.6 Å². The lowest BCUT2D eigenvalue weighted by atomic mass is 10.1. The average Bonchev–Trinajstić information content (AvgIpc) is 2.61. The van der Waals surface area contributed by atoms with E-state index in [4.69, 9.17) is 4.74 Å². The molecule has 0 radical (unpaired) electrons. The molecule has 2 rings (SSSR count). The molecule has 2 aromatic rings. The number of ether oxygens (including phenoxy) is 1. The second-order valence-corrected chi connectivity index (χ2v) is 8.07. The summed E-state index contributed by atoms with van der Waals surface area (Å²) in [5, 5.41) is 2.59. The predicted molar refractivity (Wildman–Crippen MR) is 108 cm³/mol. The molecule has 0 aliphatic rings. The molecule has 150 valence electrons. The molecule has 0 heterocycles. The summed E-state index contributed by atoms with van der Waals surface area (Å²) in [4.78, 5) is 25.7. The minimum absolute atomic E-state index is 0.132. The van der Waals surface area contributed by atoms with Crippen LogP contribution < -0.4 is 14.8 Å². The SMILES string of the molecule is COc1ccc(CN(C)C(=O)c2cc(NC(C)=O)ccc2NS(C)(=O)=O)cc1. The van der Waals surface area contributed by atoms with Gasteiger partial charge < -0.3 is 15.0 Å². The second-order valence-electron chi connectivity index (χ2n) is 6.33. The molecule has 28 heavy (non-hydrogen) atoms. The van der Waals surface area contributed by atoms with Crippen LogP contribution in [0.1, 0.15) is 22.8 Å². The maximum atomic E-state index is 13.0. The van der Waals surface area contributed by atoms with E-state index >= 15 is 0 Å². The van der Waals surface area contributed by atoms with Crippen LogP contribution in [0.5, 0.6) is 5.75 Å². The van der Waals surface area contributed by atoms with Gasteiger partial charge in [0.15, 0.2) is 0 Å². The van der Waals surface area contributed by atoms with Crippen LogP contribution in [0.25, 0.3) is 0 Å². The van der Waals surface area contributed by atoms with Crippen molar-refractivity contribution in [2.45, 2.75) is 13.5 Å². The predicted octanol–water partition coefficient (Wildman–Crippen LogP) is 2.30. The highest BCUT2D eigenvalue weighted by Gasteiger charge is 2.19. The zero-order valence-electron chi connectivity index (χ0n) is 16.1. The van der Waals surface area contributed by atoms with Gasteiger partial charge in [0.25, 0.3) is 5.91 Å². The number of hydrogen-bond acceptors (Lipinski definition) is 5. The van der Waals surface area contributed by atoms with Crippen LogP contribution in [0.15, 0.2) is 42.5 Å². The molecule has 0 unspecified atom stereocenters. The number of carbonyl (C=O) groups is 2. The van der Waals surface area contributed by atoms with Crippen LogP contribution in [-0.2, 0) is 21.4 Å². The lowest BCUT2D eigenvalue weighted by Crippen LogP contribution is -2.27. The molecule has 2 aromatic carbocycles. The maximum Gasteiger partial charge on any atom is 0.256 e. The molecule has 0 aliphatic heterocycles. The molecule has 0 saturated carbocycles. The highest BCUT2D eigenvalue weighted by Crippen LogP contribution is 2.24. The summed E-state index contributed by atoms with van der Waals surface area (Å²) in [7, 11) is -0.398. The molecule has 8 nitrogen and oxygen atoms in total. The Balaban J connectivity index is 2.32. The fraction of sp³-hybridized carbons (Fsp3) is 0.263. The number of nitrogens with zero attached hydrogens (tertiary/aromatic N) is 1. The van der Waals surface area contributed by atoms with Crippen molar-refractivity contribution in [3.8, 4) is 5.75 Å². The van der Waals surface area contributed by atoms with Gasteiger partial charge >= 0.3 is 0 Å². The molecule has 0 bridgehead atoms. The molecule has 0 saturated heterocycles. The Morgan fingerprint density at radius 2 is 1.75 bits per heavy atom. The Labute approximate surface area is 164 Å². The molecule has 0 atom stereocenters. The summed E-state index contributed by atoms with van der Waals surface area (Å²) in [6.07, 6.45) is 1.00. The summed E-state index contributed by atoms with van der Waals surface area (Å²) >= 11 is 0. The van der Waals surface area contributed by atoms with Crippen molar-refractivity contribution in [1.29, 1.82) is 0 Å². The first kappa shape index (κ1) is 21.2. The van der Waals surface area contributed by atoms with Crippen LogP contribution in [0.2, 0.25) is 0 Å². The first-order valence-corrected chi connectivity index (χ1v) is 10.3. The fourth-order valence-electron chi connectivity index (χ4n) is 2.57. The van der Waals surface area contributed by atoms with Crippen LogP contribution in [0.4, 0.5) is 11.4 Å². The van der Waals surface area contributed by atoms with Gasteiger partial charge in [0, 0.05) is 26.2 Å². The Morgan fingerprint density at radius 1 is 1.11 bits per heavy atom. The van der Waals surface area contributed by atoms with Gasteiger partial charge in [-0.3, -0.25) is 14.3 Å². The van der Waals surface area contributed by atoms with Crippen molar-refractivity contribution < 1.29 is 22.7 Å². The minimum Gasteiger partial charge on any atom is -0.497 e. The van der Waals surface area contributed by atoms with Gasteiger partial charge in [-0.05, 0) is 35.9 Å². The van der Waals surface area contributed by atoms with Gasteiger partial charge in [-0.15, -0.1) is 0 Å². The Hall–Kier alpha value is -3.07. The molecule has 2 amide bonds. The topological polar surface area (TPSA) is 105 Å². The molecule has 0 fully saturated rings. The summed E-state index contributed by atoms with van der Waals surface area (Å²) in [5.41, 5.74) is 1.55. The number of rotatable bonds is 7. The average molecular weight is 405 g/mol. The maximum absolute atomic E-state index is 13.0. The number of methoxy groups -OCH3 is 1.